The average molecular weight is 374 g/mol. The van der Waals surface area contributed by atoms with Crippen LogP contribution in [0.15, 0.2) is 18.2 Å². The molecule has 1 unspecified atom stereocenters. The Bertz CT molecular complexity index is 775. The molecule has 0 spiro atoms. The minimum absolute atomic E-state index is 0.149. The fourth-order valence-electron chi connectivity index (χ4n) is 3.43. The van der Waals surface area contributed by atoms with Crippen LogP contribution in [0.1, 0.15) is 54.4 Å². The summed E-state index contributed by atoms with van der Waals surface area (Å²) in [6, 6.07) is 4.59. The summed E-state index contributed by atoms with van der Waals surface area (Å²) >= 11 is 0. The van der Waals surface area contributed by atoms with Gasteiger partial charge < -0.3 is 14.7 Å². The summed E-state index contributed by atoms with van der Waals surface area (Å²) < 4.78 is 5.80. The van der Waals surface area contributed by atoms with Crippen LogP contribution in [0.4, 0.5) is 0 Å². The first-order valence-electron chi connectivity index (χ1n) is 9.08. The van der Waals surface area contributed by atoms with E-state index < -0.39 is 17.9 Å². The molecule has 0 saturated carbocycles. The van der Waals surface area contributed by atoms with Crippen LogP contribution in [0, 0.1) is 0 Å². The molecule has 2 aliphatic rings. The maximum Gasteiger partial charge on any atom is 0.303 e. The standard InChI is InChI=1S/C19H22N2O6/c22-16-9-8-14(18(25)20-16)21-11-13-12(19(21)26)5-4-6-15(13)27-10-3-1-2-7-17(23)24/h4-6,14H,1-3,7-11H2,(H,23,24)(H,20,22,25). The first-order chi connectivity index (χ1) is 13.0. The van der Waals surface area contributed by atoms with Gasteiger partial charge in [-0.3, -0.25) is 24.5 Å². The fourth-order valence-corrected chi connectivity index (χ4v) is 3.43. The minimum atomic E-state index is -0.802. The zero-order valence-electron chi connectivity index (χ0n) is 14.9. The molecule has 1 atom stereocenters. The van der Waals surface area contributed by atoms with E-state index in [9.17, 15) is 19.2 Å². The Kier molecular flexibility index (Phi) is 5.73. The summed E-state index contributed by atoms with van der Waals surface area (Å²) in [5, 5.41) is 10.9. The van der Waals surface area contributed by atoms with Crippen molar-refractivity contribution in [3.05, 3.63) is 29.3 Å². The van der Waals surface area contributed by atoms with Gasteiger partial charge >= 0.3 is 5.97 Å². The molecule has 0 aliphatic carbocycles. The number of benzene rings is 1. The van der Waals surface area contributed by atoms with Gasteiger partial charge in [-0.2, -0.15) is 0 Å². The highest BCUT2D eigenvalue weighted by molar-refractivity contribution is 6.05. The van der Waals surface area contributed by atoms with E-state index >= 15 is 0 Å². The van der Waals surface area contributed by atoms with Crippen molar-refractivity contribution < 1.29 is 29.0 Å². The molecule has 0 bridgehead atoms. The van der Waals surface area contributed by atoms with E-state index in [4.69, 9.17) is 9.84 Å². The van der Waals surface area contributed by atoms with Gasteiger partial charge in [0.2, 0.25) is 11.8 Å². The SMILES string of the molecule is O=C(O)CCCCCOc1cccc2c1CN(C1CCC(=O)NC1=O)C2=O. The highest BCUT2D eigenvalue weighted by atomic mass is 16.5. The molecular formula is C19H22N2O6. The van der Waals surface area contributed by atoms with Gasteiger partial charge in [0.05, 0.1) is 13.2 Å². The maximum absolute atomic E-state index is 12.7. The van der Waals surface area contributed by atoms with E-state index in [1.165, 1.54) is 4.90 Å². The molecule has 8 heteroatoms. The minimum Gasteiger partial charge on any atom is -0.493 e. The number of aliphatic carboxylic acids is 1. The number of carbonyl (C=O) groups excluding carboxylic acids is 3. The number of hydrogen-bond donors (Lipinski definition) is 2. The van der Waals surface area contributed by atoms with Crippen LogP contribution < -0.4 is 10.1 Å². The number of nitrogens with one attached hydrogen (secondary N) is 1. The highest BCUT2D eigenvalue weighted by Gasteiger charge is 2.40. The molecule has 27 heavy (non-hydrogen) atoms. The average Bonchev–Trinajstić information content (AvgIpc) is 2.95. The molecule has 144 valence electrons. The van der Waals surface area contributed by atoms with Gasteiger partial charge in [-0.25, -0.2) is 0 Å². The molecule has 1 saturated heterocycles. The fraction of sp³-hybridized carbons (Fsp3) is 0.474. The number of rotatable bonds is 8. The second-order valence-corrected chi connectivity index (χ2v) is 6.74. The van der Waals surface area contributed by atoms with E-state index in [-0.39, 0.29) is 31.2 Å². The summed E-state index contributed by atoms with van der Waals surface area (Å²) in [5.41, 5.74) is 1.26. The highest BCUT2D eigenvalue weighted by Crippen LogP contribution is 2.33. The lowest BCUT2D eigenvalue weighted by Crippen LogP contribution is -2.52. The number of amides is 3. The third-order valence-corrected chi connectivity index (χ3v) is 4.83. The van der Waals surface area contributed by atoms with E-state index in [1.807, 2.05) is 0 Å². The Balaban J connectivity index is 1.61. The zero-order valence-corrected chi connectivity index (χ0v) is 14.9. The predicted molar refractivity (Wildman–Crippen MR) is 94.1 cm³/mol. The van der Waals surface area contributed by atoms with Crippen LogP contribution in [0.25, 0.3) is 0 Å². The predicted octanol–water partition coefficient (Wildman–Crippen LogP) is 1.47. The molecular weight excluding hydrogens is 352 g/mol. The molecule has 2 heterocycles. The van der Waals surface area contributed by atoms with Gasteiger partial charge in [0.15, 0.2) is 0 Å². The van der Waals surface area contributed by atoms with Crippen molar-refractivity contribution in [2.24, 2.45) is 0 Å². The number of carboxylic acids is 1. The number of imide groups is 1. The van der Waals surface area contributed by atoms with Crippen molar-refractivity contribution in [3.63, 3.8) is 0 Å². The normalized spacial score (nSPS) is 19.0. The molecule has 1 aromatic carbocycles. The molecule has 1 aromatic rings. The van der Waals surface area contributed by atoms with Crippen LogP contribution in [-0.4, -0.2) is 46.3 Å². The van der Waals surface area contributed by atoms with Gasteiger partial charge in [0, 0.05) is 24.0 Å². The number of fused-ring (bicyclic) bond motifs is 1. The van der Waals surface area contributed by atoms with Crippen LogP contribution in [0.3, 0.4) is 0 Å². The molecule has 2 aliphatic heterocycles. The molecule has 1 fully saturated rings. The van der Waals surface area contributed by atoms with Crippen molar-refractivity contribution in [1.29, 1.82) is 0 Å². The Hall–Kier alpha value is -2.90. The molecule has 0 aromatic heterocycles. The van der Waals surface area contributed by atoms with Crippen LogP contribution in [-0.2, 0) is 20.9 Å². The number of nitrogens with zero attached hydrogens (tertiary/aromatic N) is 1. The number of ether oxygens (including phenoxy) is 1. The van der Waals surface area contributed by atoms with E-state index in [2.05, 4.69) is 5.32 Å². The zero-order chi connectivity index (χ0) is 19.4. The number of carbonyl (C=O) groups is 4. The van der Waals surface area contributed by atoms with Crippen molar-refractivity contribution in [1.82, 2.24) is 10.2 Å². The summed E-state index contributed by atoms with van der Waals surface area (Å²) in [6.07, 6.45) is 2.77. The third kappa shape index (κ3) is 4.27. The number of piperidine rings is 1. The summed E-state index contributed by atoms with van der Waals surface area (Å²) in [4.78, 5) is 48.1. The summed E-state index contributed by atoms with van der Waals surface area (Å²) in [7, 11) is 0. The first-order valence-corrected chi connectivity index (χ1v) is 9.08. The lowest BCUT2D eigenvalue weighted by Gasteiger charge is -2.29. The Morgan fingerprint density at radius 2 is 2.04 bits per heavy atom. The van der Waals surface area contributed by atoms with Crippen LogP contribution >= 0.6 is 0 Å². The van der Waals surface area contributed by atoms with Gasteiger partial charge in [0.1, 0.15) is 11.8 Å². The topological polar surface area (TPSA) is 113 Å². The Labute approximate surface area is 156 Å². The Morgan fingerprint density at radius 1 is 1.22 bits per heavy atom. The lowest BCUT2D eigenvalue weighted by atomic mass is 10.0. The van der Waals surface area contributed by atoms with Gasteiger partial charge in [-0.15, -0.1) is 0 Å². The van der Waals surface area contributed by atoms with E-state index in [0.29, 0.717) is 30.8 Å². The quantitative estimate of drug-likeness (QED) is 0.526. The largest absolute Gasteiger partial charge is 0.493 e. The monoisotopic (exact) mass is 374 g/mol. The Morgan fingerprint density at radius 3 is 2.78 bits per heavy atom. The lowest BCUT2D eigenvalue weighted by molar-refractivity contribution is -0.138. The van der Waals surface area contributed by atoms with Crippen molar-refractivity contribution in [3.8, 4) is 5.75 Å². The summed E-state index contributed by atoms with van der Waals surface area (Å²) in [6.45, 7) is 0.707. The first kappa shape index (κ1) is 18.9. The second kappa shape index (κ2) is 8.20. The molecule has 0 radical (unpaired) electrons. The third-order valence-electron chi connectivity index (χ3n) is 4.83. The van der Waals surface area contributed by atoms with E-state index in [0.717, 1.165) is 18.4 Å². The molecule has 2 N–H and O–H groups in total. The summed E-state index contributed by atoms with van der Waals surface area (Å²) in [5.74, 6) is -1.18. The molecule has 3 amide bonds. The van der Waals surface area contributed by atoms with Crippen molar-refractivity contribution in [2.75, 3.05) is 6.61 Å². The van der Waals surface area contributed by atoms with E-state index in [1.54, 1.807) is 18.2 Å². The smallest absolute Gasteiger partial charge is 0.303 e. The van der Waals surface area contributed by atoms with Crippen molar-refractivity contribution >= 4 is 23.7 Å². The van der Waals surface area contributed by atoms with Crippen molar-refractivity contribution in [2.45, 2.75) is 51.1 Å². The second-order valence-electron chi connectivity index (χ2n) is 6.74. The van der Waals surface area contributed by atoms with Crippen LogP contribution in [0.5, 0.6) is 5.75 Å². The number of hydrogen-bond acceptors (Lipinski definition) is 5. The number of unbranched alkanes of at least 4 members (excludes halogenated alkanes) is 2. The van der Waals surface area contributed by atoms with Crippen LogP contribution in [0.2, 0.25) is 0 Å². The number of carboxylic acid groups (broad SMARTS) is 1. The molecule has 3 rings (SSSR count). The molecule has 8 nitrogen and oxygen atoms in total. The van der Waals surface area contributed by atoms with Gasteiger partial charge in [-0.1, -0.05) is 6.07 Å². The van der Waals surface area contributed by atoms with Gasteiger partial charge in [-0.05, 0) is 37.8 Å². The maximum atomic E-state index is 12.7. The van der Waals surface area contributed by atoms with Gasteiger partial charge in [0.25, 0.3) is 5.91 Å².